The maximum absolute atomic E-state index is 13.1. The molecule has 1 amide bonds. The van der Waals surface area contributed by atoms with E-state index in [4.69, 9.17) is 9.84 Å². The zero-order chi connectivity index (χ0) is 16.4. The zero-order valence-electron chi connectivity index (χ0n) is 12.0. The van der Waals surface area contributed by atoms with Crippen LogP contribution in [0.5, 0.6) is 5.75 Å². The molecule has 1 aliphatic rings. The van der Waals surface area contributed by atoms with Crippen molar-refractivity contribution in [2.45, 2.75) is 13.0 Å². The molecule has 0 fully saturated rings. The number of fused-ring (bicyclic) bond motifs is 1. The zero-order valence-corrected chi connectivity index (χ0v) is 12.9. The highest BCUT2D eigenvalue weighted by atomic mass is 32.1. The fourth-order valence-corrected chi connectivity index (χ4v) is 3.21. The van der Waals surface area contributed by atoms with E-state index in [9.17, 15) is 14.0 Å². The number of carboxylic acids is 1. The van der Waals surface area contributed by atoms with Crippen LogP contribution in [0.1, 0.15) is 20.1 Å². The number of aromatic carboxylic acids is 1. The van der Waals surface area contributed by atoms with Gasteiger partial charge in [-0.05, 0) is 30.2 Å². The van der Waals surface area contributed by atoms with E-state index in [0.29, 0.717) is 12.2 Å². The number of carbonyl (C=O) groups is 2. The maximum Gasteiger partial charge on any atom is 0.345 e. The molecular formula is C16H14FNO4S. The van der Waals surface area contributed by atoms with Crippen LogP contribution in [0.2, 0.25) is 0 Å². The second kappa shape index (κ2) is 6.37. The van der Waals surface area contributed by atoms with Crippen LogP contribution in [-0.4, -0.2) is 23.6 Å². The number of rotatable bonds is 4. The molecule has 3 rings (SSSR count). The van der Waals surface area contributed by atoms with Gasteiger partial charge < -0.3 is 15.2 Å². The number of hydrogen-bond donors (Lipinski definition) is 2. The van der Waals surface area contributed by atoms with Crippen LogP contribution < -0.4 is 10.1 Å². The molecular weight excluding hydrogens is 321 g/mol. The van der Waals surface area contributed by atoms with Crippen LogP contribution >= 0.6 is 11.3 Å². The standard InChI is InChI=1S/C16H14FNO4S/c17-11-2-1-9-5-10(8-22-13(9)6-11)15(19)18-7-12-3-4-14(23-12)16(20)21/h1-4,6,10H,5,7-8H2,(H,18,19)(H,20,21). The number of amides is 1. The summed E-state index contributed by atoms with van der Waals surface area (Å²) in [4.78, 5) is 24.0. The Morgan fingerprint density at radius 2 is 2.17 bits per heavy atom. The van der Waals surface area contributed by atoms with Gasteiger partial charge in [-0.25, -0.2) is 9.18 Å². The molecule has 0 aliphatic carbocycles. The predicted molar refractivity (Wildman–Crippen MR) is 82.2 cm³/mol. The monoisotopic (exact) mass is 335 g/mol. The SMILES string of the molecule is O=C(O)c1ccc(CNC(=O)C2COc3cc(F)ccc3C2)s1. The molecule has 1 atom stereocenters. The molecule has 1 aromatic heterocycles. The van der Waals surface area contributed by atoms with Crippen LogP contribution in [0.15, 0.2) is 30.3 Å². The lowest BCUT2D eigenvalue weighted by atomic mass is 9.96. The Hall–Kier alpha value is -2.41. The van der Waals surface area contributed by atoms with Gasteiger partial charge in [0.05, 0.1) is 12.5 Å². The molecule has 0 radical (unpaired) electrons. The van der Waals surface area contributed by atoms with Gasteiger partial charge in [0.15, 0.2) is 0 Å². The van der Waals surface area contributed by atoms with Crippen molar-refractivity contribution >= 4 is 23.2 Å². The molecule has 1 aliphatic heterocycles. The Labute approximate surface area is 135 Å². The van der Waals surface area contributed by atoms with E-state index in [2.05, 4.69) is 5.32 Å². The number of hydrogen-bond acceptors (Lipinski definition) is 4. The van der Waals surface area contributed by atoms with Crippen LogP contribution in [0.4, 0.5) is 4.39 Å². The summed E-state index contributed by atoms with van der Waals surface area (Å²) >= 11 is 1.13. The van der Waals surface area contributed by atoms with Gasteiger partial charge in [0.1, 0.15) is 23.1 Å². The fraction of sp³-hybridized carbons (Fsp3) is 0.250. The molecule has 5 nitrogen and oxygen atoms in total. The van der Waals surface area contributed by atoms with Crippen molar-refractivity contribution in [1.29, 1.82) is 0 Å². The Kier molecular flexibility index (Phi) is 4.29. The lowest BCUT2D eigenvalue weighted by Gasteiger charge is -2.24. The van der Waals surface area contributed by atoms with Crippen molar-refractivity contribution in [2.24, 2.45) is 5.92 Å². The summed E-state index contributed by atoms with van der Waals surface area (Å²) in [6, 6.07) is 7.50. The smallest absolute Gasteiger partial charge is 0.345 e. The van der Waals surface area contributed by atoms with Crippen LogP contribution in [-0.2, 0) is 17.8 Å². The summed E-state index contributed by atoms with van der Waals surface area (Å²) in [7, 11) is 0. The summed E-state index contributed by atoms with van der Waals surface area (Å²) in [5, 5.41) is 11.7. The van der Waals surface area contributed by atoms with E-state index in [1.807, 2.05) is 0 Å². The molecule has 0 saturated carbocycles. The van der Waals surface area contributed by atoms with Crippen molar-refractivity contribution in [3.05, 3.63) is 51.5 Å². The summed E-state index contributed by atoms with van der Waals surface area (Å²) in [5.74, 6) is -1.36. The number of thiophene rings is 1. The average Bonchev–Trinajstić information content (AvgIpc) is 3.01. The van der Waals surface area contributed by atoms with Gasteiger partial charge in [0, 0.05) is 10.9 Å². The van der Waals surface area contributed by atoms with E-state index in [1.165, 1.54) is 18.2 Å². The van der Waals surface area contributed by atoms with Crippen molar-refractivity contribution in [3.63, 3.8) is 0 Å². The van der Waals surface area contributed by atoms with E-state index in [0.717, 1.165) is 21.8 Å². The van der Waals surface area contributed by atoms with Crippen LogP contribution in [0.25, 0.3) is 0 Å². The average molecular weight is 335 g/mol. The summed E-state index contributed by atoms with van der Waals surface area (Å²) in [6.07, 6.45) is 0.492. The van der Waals surface area contributed by atoms with Gasteiger partial charge in [-0.15, -0.1) is 11.3 Å². The third-order valence-electron chi connectivity index (χ3n) is 3.62. The van der Waals surface area contributed by atoms with E-state index in [1.54, 1.807) is 12.1 Å². The molecule has 0 bridgehead atoms. The minimum atomic E-state index is -0.975. The molecule has 2 heterocycles. The van der Waals surface area contributed by atoms with Gasteiger partial charge in [-0.3, -0.25) is 4.79 Å². The van der Waals surface area contributed by atoms with E-state index in [-0.39, 0.29) is 35.7 Å². The highest BCUT2D eigenvalue weighted by Gasteiger charge is 2.26. The molecule has 120 valence electrons. The first kappa shape index (κ1) is 15.5. The Morgan fingerprint density at radius 3 is 2.91 bits per heavy atom. The number of nitrogens with one attached hydrogen (secondary N) is 1. The van der Waals surface area contributed by atoms with Crippen LogP contribution in [0, 0.1) is 11.7 Å². The minimum absolute atomic E-state index is 0.162. The van der Waals surface area contributed by atoms with E-state index < -0.39 is 5.97 Å². The molecule has 7 heteroatoms. The highest BCUT2D eigenvalue weighted by Crippen LogP contribution is 2.28. The van der Waals surface area contributed by atoms with Crippen molar-refractivity contribution in [2.75, 3.05) is 6.61 Å². The minimum Gasteiger partial charge on any atom is -0.492 e. The normalized spacial score (nSPS) is 16.3. The quantitative estimate of drug-likeness (QED) is 0.900. The molecule has 1 aromatic carbocycles. The second-order valence-corrected chi connectivity index (χ2v) is 6.42. The second-order valence-electron chi connectivity index (χ2n) is 5.25. The molecule has 2 N–H and O–H groups in total. The predicted octanol–water partition coefficient (Wildman–Crippen LogP) is 2.45. The van der Waals surface area contributed by atoms with Gasteiger partial charge in [-0.1, -0.05) is 6.07 Å². The van der Waals surface area contributed by atoms with Crippen molar-refractivity contribution in [3.8, 4) is 5.75 Å². The maximum atomic E-state index is 13.1. The van der Waals surface area contributed by atoms with E-state index >= 15 is 0 Å². The Morgan fingerprint density at radius 1 is 1.35 bits per heavy atom. The fourth-order valence-electron chi connectivity index (χ4n) is 2.42. The van der Waals surface area contributed by atoms with Gasteiger partial charge >= 0.3 is 5.97 Å². The van der Waals surface area contributed by atoms with Crippen LogP contribution in [0.3, 0.4) is 0 Å². The summed E-state index contributed by atoms with van der Waals surface area (Å²) in [5.41, 5.74) is 0.807. The highest BCUT2D eigenvalue weighted by molar-refractivity contribution is 7.13. The largest absolute Gasteiger partial charge is 0.492 e. The Balaban J connectivity index is 1.58. The number of benzene rings is 1. The number of halogens is 1. The third kappa shape index (κ3) is 3.50. The molecule has 1 unspecified atom stereocenters. The third-order valence-corrected chi connectivity index (χ3v) is 4.69. The first-order valence-electron chi connectivity index (χ1n) is 7.04. The van der Waals surface area contributed by atoms with Gasteiger partial charge in [-0.2, -0.15) is 0 Å². The number of carboxylic acid groups (broad SMARTS) is 1. The lowest BCUT2D eigenvalue weighted by Crippen LogP contribution is -2.36. The molecule has 0 spiro atoms. The van der Waals surface area contributed by atoms with Gasteiger partial charge in [0.2, 0.25) is 5.91 Å². The first-order valence-corrected chi connectivity index (χ1v) is 7.85. The lowest BCUT2D eigenvalue weighted by molar-refractivity contribution is -0.126. The number of ether oxygens (including phenoxy) is 1. The topological polar surface area (TPSA) is 75.6 Å². The molecule has 0 saturated heterocycles. The molecule has 23 heavy (non-hydrogen) atoms. The van der Waals surface area contributed by atoms with Crippen molar-refractivity contribution < 1.29 is 23.8 Å². The summed E-state index contributed by atoms with van der Waals surface area (Å²) in [6.45, 7) is 0.483. The molecule has 2 aromatic rings. The first-order chi connectivity index (χ1) is 11.0. The van der Waals surface area contributed by atoms with Gasteiger partial charge in [0.25, 0.3) is 0 Å². The summed E-state index contributed by atoms with van der Waals surface area (Å²) < 4.78 is 18.6. The van der Waals surface area contributed by atoms with Crippen molar-refractivity contribution in [1.82, 2.24) is 5.32 Å². The Bertz CT molecular complexity index is 758. The number of carbonyl (C=O) groups excluding carboxylic acids is 1.